The Hall–Kier alpha value is -2.22. The Morgan fingerprint density at radius 1 is 1.42 bits per heavy atom. The molecule has 2 aliphatic heterocycles. The summed E-state index contributed by atoms with van der Waals surface area (Å²) in [5.41, 5.74) is 1.93. The van der Waals surface area contributed by atoms with Crippen LogP contribution in [0, 0.1) is 6.92 Å². The van der Waals surface area contributed by atoms with Gasteiger partial charge in [-0.3, -0.25) is 9.59 Å². The number of hydrogen-bond acceptors (Lipinski definition) is 5. The molecule has 0 radical (unpaired) electrons. The van der Waals surface area contributed by atoms with Crippen LogP contribution in [0.25, 0.3) is 0 Å². The lowest BCUT2D eigenvalue weighted by atomic mass is 10.1. The van der Waals surface area contributed by atoms with Crippen molar-refractivity contribution in [2.24, 2.45) is 0 Å². The first-order valence-electron chi connectivity index (χ1n) is 8.13. The number of nitrogens with zero attached hydrogens (tertiary/aromatic N) is 5. The molecule has 0 N–H and O–H groups in total. The molecule has 7 nitrogen and oxygen atoms in total. The van der Waals surface area contributed by atoms with Crippen LogP contribution >= 0.6 is 11.3 Å². The second-order valence-corrected chi connectivity index (χ2v) is 7.37. The molecule has 2 aromatic heterocycles. The van der Waals surface area contributed by atoms with Gasteiger partial charge in [0, 0.05) is 26.1 Å². The summed E-state index contributed by atoms with van der Waals surface area (Å²) in [6.07, 6.45) is 3.46. The van der Waals surface area contributed by atoms with E-state index in [9.17, 15) is 9.59 Å². The summed E-state index contributed by atoms with van der Waals surface area (Å²) in [6, 6.07) is 2.10. The fraction of sp³-hybridized carbons (Fsp3) is 0.500. The Morgan fingerprint density at radius 2 is 2.25 bits per heavy atom. The summed E-state index contributed by atoms with van der Waals surface area (Å²) in [6.45, 7) is 4.64. The molecule has 0 spiro atoms. The van der Waals surface area contributed by atoms with Gasteiger partial charge in [0.15, 0.2) is 0 Å². The highest BCUT2D eigenvalue weighted by molar-refractivity contribution is 7.12. The molecule has 0 bridgehead atoms. The SMILES string of the molecule is Cc1csc(C(=O)N2CC(n3cc(CN4CCCC4=O)nn3)C2)c1. The van der Waals surface area contributed by atoms with E-state index >= 15 is 0 Å². The average Bonchev–Trinajstić information content (AvgIpc) is 3.22. The van der Waals surface area contributed by atoms with Crippen LogP contribution in [-0.4, -0.2) is 56.2 Å². The van der Waals surface area contributed by atoms with Crippen LogP contribution in [0.15, 0.2) is 17.6 Å². The predicted molar refractivity (Wildman–Crippen MR) is 88.7 cm³/mol. The number of rotatable bonds is 4. The van der Waals surface area contributed by atoms with Crippen LogP contribution in [0.1, 0.15) is 39.8 Å². The van der Waals surface area contributed by atoms with E-state index in [1.165, 1.54) is 11.3 Å². The van der Waals surface area contributed by atoms with Crippen molar-refractivity contribution in [3.63, 3.8) is 0 Å². The van der Waals surface area contributed by atoms with E-state index in [1.54, 1.807) is 0 Å². The van der Waals surface area contributed by atoms with Crippen LogP contribution in [0.2, 0.25) is 0 Å². The van der Waals surface area contributed by atoms with Gasteiger partial charge in [0.2, 0.25) is 5.91 Å². The van der Waals surface area contributed by atoms with Crippen molar-refractivity contribution >= 4 is 23.2 Å². The van der Waals surface area contributed by atoms with Crippen LogP contribution in [0.3, 0.4) is 0 Å². The van der Waals surface area contributed by atoms with Gasteiger partial charge in [-0.25, -0.2) is 4.68 Å². The van der Waals surface area contributed by atoms with Gasteiger partial charge in [0.1, 0.15) is 5.69 Å². The standard InChI is InChI=1S/C16H19N5O2S/c1-11-5-14(24-10-11)16(23)20-8-13(9-20)21-7-12(17-18-21)6-19-4-2-3-15(19)22/h5,7,10,13H,2-4,6,8-9H2,1H3. The lowest BCUT2D eigenvalue weighted by Gasteiger charge is -2.38. The molecule has 2 amide bonds. The van der Waals surface area contributed by atoms with Gasteiger partial charge >= 0.3 is 0 Å². The van der Waals surface area contributed by atoms with E-state index in [4.69, 9.17) is 0 Å². The molecule has 0 atom stereocenters. The lowest BCUT2D eigenvalue weighted by Crippen LogP contribution is -2.50. The second-order valence-electron chi connectivity index (χ2n) is 6.46. The van der Waals surface area contributed by atoms with E-state index in [2.05, 4.69) is 10.3 Å². The van der Waals surface area contributed by atoms with E-state index in [0.717, 1.165) is 29.1 Å². The minimum atomic E-state index is 0.0901. The van der Waals surface area contributed by atoms with E-state index in [1.807, 2.05) is 39.0 Å². The maximum Gasteiger partial charge on any atom is 0.264 e. The fourth-order valence-electron chi connectivity index (χ4n) is 3.12. The third-order valence-electron chi connectivity index (χ3n) is 4.55. The highest BCUT2D eigenvalue weighted by Crippen LogP contribution is 2.25. The third-order valence-corrected chi connectivity index (χ3v) is 5.58. The van der Waals surface area contributed by atoms with Crippen molar-refractivity contribution in [2.75, 3.05) is 19.6 Å². The number of likely N-dealkylation sites (tertiary alicyclic amines) is 2. The van der Waals surface area contributed by atoms with Gasteiger partial charge in [-0.05, 0) is 30.4 Å². The van der Waals surface area contributed by atoms with Crippen molar-refractivity contribution in [1.29, 1.82) is 0 Å². The van der Waals surface area contributed by atoms with Crippen LogP contribution < -0.4 is 0 Å². The Balaban J connectivity index is 1.34. The third kappa shape index (κ3) is 2.82. The van der Waals surface area contributed by atoms with Crippen LogP contribution in [-0.2, 0) is 11.3 Å². The molecular formula is C16H19N5O2S. The monoisotopic (exact) mass is 345 g/mol. The minimum Gasteiger partial charge on any atom is -0.337 e. The fourth-order valence-corrected chi connectivity index (χ4v) is 3.98. The van der Waals surface area contributed by atoms with Crippen molar-refractivity contribution in [3.05, 3.63) is 33.8 Å². The smallest absolute Gasteiger partial charge is 0.264 e. The van der Waals surface area contributed by atoms with Gasteiger partial charge in [0.25, 0.3) is 5.91 Å². The molecule has 24 heavy (non-hydrogen) atoms. The highest BCUT2D eigenvalue weighted by Gasteiger charge is 2.34. The summed E-state index contributed by atoms with van der Waals surface area (Å²) in [5.74, 6) is 0.281. The van der Waals surface area contributed by atoms with E-state index < -0.39 is 0 Å². The highest BCUT2D eigenvalue weighted by atomic mass is 32.1. The quantitative estimate of drug-likeness (QED) is 0.841. The van der Waals surface area contributed by atoms with Crippen LogP contribution in [0.4, 0.5) is 0 Å². The summed E-state index contributed by atoms with van der Waals surface area (Å²) in [5, 5.41) is 10.3. The van der Waals surface area contributed by atoms with Gasteiger partial charge in [0.05, 0.1) is 23.7 Å². The second kappa shape index (κ2) is 6.01. The van der Waals surface area contributed by atoms with Gasteiger partial charge < -0.3 is 9.80 Å². The number of hydrogen-bond donors (Lipinski definition) is 0. The number of carbonyl (C=O) groups excluding carboxylic acids is 2. The van der Waals surface area contributed by atoms with Gasteiger partial charge in [-0.2, -0.15) is 0 Å². The molecule has 0 unspecified atom stereocenters. The maximum absolute atomic E-state index is 12.3. The van der Waals surface area contributed by atoms with Crippen LogP contribution in [0.5, 0.6) is 0 Å². The summed E-state index contributed by atoms with van der Waals surface area (Å²) in [7, 11) is 0. The zero-order chi connectivity index (χ0) is 16.7. The summed E-state index contributed by atoms with van der Waals surface area (Å²) < 4.78 is 1.82. The van der Waals surface area contributed by atoms with Crippen molar-refractivity contribution in [1.82, 2.24) is 24.8 Å². The Morgan fingerprint density at radius 3 is 2.92 bits per heavy atom. The molecule has 2 fully saturated rings. The first kappa shape index (κ1) is 15.3. The molecule has 0 saturated carbocycles. The molecular weight excluding hydrogens is 326 g/mol. The molecule has 2 saturated heterocycles. The van der Waals surface area contributed by atoms with Crippen molar-refractivity contribution < 1.29 is 9.59 Å². The molecule has 126 valence electrons. The number of aryl methyl sites for hydroxylation is 1. The first-order valence-corrected chi connectivity index (χ1v) is 9.01. The molecule has 4 rings (SSSR count). The summed E-state index contributed by atoms with van der Waals surface area (Å²) >= 11 is 1.49. The average molecular weight is 345 g/mol. The molecule has 8 heteroatoms. The Labute approximate surface area is 143 Å². The predicted octanol–water partition coefficient (Wildman–Crippen LogP) is 1.47. The zero-order valence-corrected chi connectivity index (χ0v) is 14.3. The number of aromatic nitrogens is 3. The minimum absolute atomic E-state index is 0.0901. The Kier molecular flexibility index (Phi) is 3.84. The van der Waals surface area contributed by atoms with Crippen molar-refractivity contribution in [3.8, 4) is 0 Å². The maximum atomic E-state index is 12.3. The molecule has 2 aromatic rings. The van der Waals surface area contributed by atoms with E-state index in [0.29, 0.717) is 26.1 Å². The molecule has 0 aliphatic carbocycles. The number of thiophene rings is 1. The Bertz CT molecular complexity index is 777. The zero-order valence-electron chi connectivity index (χ0n) is 13.5. The van der Waals surface area contributed by atoms with Gasteiger partial charge in [-0.1, -0.05) is 5.21 Å². The number of amides is 2. The van der Waals surface area contributed by atoms with Crippen molar-refractivity contribution in [2.45, 2.75) is 32.4 Å². The first-order chi connectivity index (χ1) is 11.6. The molecule has 0 aromatic carbocycles. The largest absolute Gasteiger partial charge is 0.337 e. The topological polar surface area (TPSA) is 71.3 Å². The normalized spacial score (nSPS) is 18.3. The molecule has 4 heterocycles. The lowest BCUT2D eigenvalue weighted by molar-refractivity contribution is -0.128. The molecule has 2 aliphatic rings. The van der Waals surface area contributed by atoms with E-state index in [-0.39, 0.29) is 17.9 Å². The summed E-state index contributed by atoms with van der Waals surface area (Å²) in [4.78, 5) is 28.5. The van der Waals surface area contributed by atoms with Gasteiger partial charge in [-0.15, -0.1) is 16.4 Å². The number of carbonyl (C=O) groups is 2.